The summed E-state index contributed by atoms with van der Waals surface area (Å²) in [5.41, 5.74) is 13.2. The van der Waals surface area contributed by atoms with Crippen LogP contribution < -0.4 is 11.5 Å². The van der Waals surface area contributed by atoms with E-state index in [4.69, 9.17) is 11.5 Å². The molecule has 0 aromatic heterocycles. The molecular formula is C9H15ClN2. The molecule has 3 heteroatoms. The zero-order valence-electron chi connectivity index (χ0n) is 7.16. The monoisotopic (exact) mass is 186 g/mol. The van der Waals surface area contributed by atoms with E-state index in [2.05, 4.69) is 6.92 Å². The second-order valence-corrected chi connectivity index (χ2v) is 2.77. The number of anilines is 1. The molecule has 0 aliphatic carbocycles. The van der Waals surface area contributed by atoms with Crippen molar-refractivity contribution in [3.63, 3.8) is 0 Å². The summed E-state index contributed by atoms with van der Waals surface area (Å²) in [5, 5.41) is 0. The molecule has 0 radical (unpaired) electrons. The van der Waals surface area contributed by atoms with Crippen LogP contribution >= 0.6 is 12.4 Å². The Kier molecular flexibility index (Phi) is 4.71. The molecule has 0 bridgehead atoms. The fourth-order valence-corrected chi connectivity index (χ4v) is 1.09. The molecule has 68 valence electrons. The van der Waals surface area contributed by atoms with Crippen LogP contribution in [0.1, 0.15) is 18.4 Å². The van der Waals surface area contributed by atoms with Gasteiger partial charge in [0.25, 0.3) is 0 Å². The van der Waals surface area contributed by atoms with E-state index in [-0.39, 0.29) is 12.4 Å². The topological polar surface area (TPSA) is 52.0 Å². The molecule has 1 atom stereocenters. The Morgan fingerprint density at radius 2 is 1.92 bits per heavy atom. The van der Waals surface area contributed by atoms with Gasteiger partial charge in [-0.15, -0.1) is 12.4 Å². The summed E-state index contributed by atoms with van der Waals surface area (Å²) in [7, 11) is 0. The minimum atomic E-state index is 0. The zero-order valence-corrected chi connectivity index (χ0v) is 7.97. The maximum absolute atomic E-state index is 5.74. The standard InChI is InChI=1S/C9H14N2.ClH/c1-7(6-10)8-4-2-3-5-9(8)11;/h2-5,7H,6,10-11H2,1H3;1H. The lowest BCUT2D eigenvalue weighted by Gasteiger charge is -2.10. The molecule has 1 aromatic rings. The molecule has 2 nitrogen and oxygen atoms in total. The molecule has 0 spiro atoms. The molecule has 0 fully saturated rings. The SMILES string of the molecule is CC(CN)c1ccccc1N.Cl. The van der Waals surface area contributed by atoms with Crippen molar-refractivity contribution in [1.82, 2.24) is 0 Å². The van der Waals surface area contributed by atoms with Crippen molar-refractivity contribution in [2.24, 2.45) is 5.73 Å². The second kappa shape index (κ2) is 5.01. The molecule has 4 N–H and O–H groups in total. The van der Waals surface area contributed by atoms with Crippen molar-refractivity contribution in [2.75, 3.05) is 12.3 Å². The van der Waals surface area contributed by atoms with Crippen LogP contribution in [0.15, 0.2) is 24.3 Å². The van der Waals surface area contributed by atoms with E-state index in [0.717, 1.165) is 11.3 Å². The van der Waals surface area contributed by atoms with Gasteiger partial charge in [-0.3, -0.25) is 0 Å². The highest BCUT2D eigenvalue weighted by Gasteiger charge is 2.04. The van der Waals surface area contributed by atoms with E-state index in [0.29, 0.717) is 12.5 Å². The van der Waals surface area contributed by atoms with Gasteiger partial charge in [0.1, 0.15) is 0 Å². The average Bonchev–Trinajstić information content (AvgIpc) is 2.04. The molecule has 1 aromatic carbocycles. The first-order valence-corrected chi connectivity index (χ1v) is 3.80. The number of nitrogen functional groups attached to an aromatic ring is 1. The number of hydrogen-bond donors (Lipinski definition) is 2. The summed E-state index contributed by atoms with van der Waals surface area (Å²) < 4.78 is 0. The minimum absolute atomic E-state index is 0. The van der Waals surface area contributed by atoms with Crippen molar-refractivity contribution >= 4 is 18.1 Å². The molecule has 0 heterocycles. The zero-order chi connectivity index (χ0) is 8.27. The summed E-state index contributed by atoms with van der Waals surface area (Å²) in [6.07, 6.45) is 0. The summed E-state index contributed by atoms with van der Waals surface area (Å²) in [4.78, 5) is 0. The summed E-state index contributed by atoms with van der Waals surface area (Å²) in [5.74, 6) is 0.358. The highest BCUT2D eigenvalue weighted by molar-refractivity contribution is 5.85. The molecule has 0 amide bonds. The lowest BCUT2D eigenvalue weighted by atomic mass is 10.00. The smallest absolute Gasteiger partial charge is 0.0349 e. The summed E-state index contributed by atoms with van der Waals surface area (Å²) in [6.45, 7) is 2.72. The molecule has 0 saturated heterocycles. The van der Waals surface area contributed by atoms with Gasteiger partial charge >= 0.3 is 0 Å². The van der Waals surface area contributed by atoms with Crippen LogP contribution in [0.2, 0.25) is 0 Å². The summed E-state index contributed by atoms with van der Waals surface area (Å²) >= 11 is 0. The molecule has 0 saturated carbocycles. The third-order valence-electron chi connectivity index (χ3n) is 1.88. The Balaban J connectivity index is 0.00000121. The third kappa shape index (κ3) is 2.40. The van der Waals surface area contributed by atoms with Crippen LogP contribution in [0.3, 0.4) is 0 Å². The minimum Gasteiger partial charge on any atom is -0.398 e. The molecule has 12 heavy (non-hydrogen) atoms. The van der Waals surface area contributed by atoms with Gasteiger partial charge in [-0.2, -0.15) is 0 Å². The molecule has 1 rings (SSSR count). The van der Waals surface area contributed by atoms with Crippen LogP contribution in [0, 0.1) is 0 Å². The van der Waals surface area contributed by atoms with Crippen molar-refractivity contribution in [1.29, 1.82) is 0 Å². The van der Waals surface area contributed by atoms with Crippen LogP contribution in [-0.2, 0) is 0 Å². The van der Waals surface area contributed by atoms with E-state index in [9.17, 15) is 0 Å². The molecule has 0 aliphatic heterocycles. The van der Waals surface area contributed by atoms with Crippen molar-refractivity contribution < 1.29 is 0 Å². The van der Waals surface area contributed by atoms with Gasteiger partial charge in [0.05, 0.1) is 0 Å². The quantitative estimate of drug-likeness (QED) is 0.692. The lowest BCUT2D eigenvalue weighted by Crippen LogP contribution is -2.10. The van der Waals surface area contributed by atoms with Gasteiger partial charge in [-0.05, 0) is 24.1 Å². The van der Waals surface area contributed by atoms with E-state index in [1.54, 1.807) is 0 Å². The van der Waals surface area contributed by atoms with Gasteiger partial charge in [-0.1, -0.05) is 25.1 Å². The maximum atomic E-state index is 5.74. The Morgan fingerprint density at radius 3 is 2.42 bits per heavy atom. The first kappa shape index (κ1) is 11.3. The fraction of sp³-hybridized carbons (Fsp3) is 0.333. The number of hydrogen-bond acceptors (Lipinski definition) is 2. The molecular weight excluding hydrogens is 172 g/mol. The van der Waals surface area contributed by atoms with Gasteiger partial charge < -0.3 is 11.5 Å². The Labute approximate surface area is 79.4 Å². The number of para-hydroxylation sites is 1. The van der Waals surface area contributed by atoms with E-state index >= 15 is 0 Å². The normalized spacial score (nSPS) is 11.8. The highest BCUT2D eigenvalue weighted by atomic mass is 35.5. The Bertz CT molecular complexity index is 238. The van der Waals surface area contributed by atoms with Gasteiger partial charge in [-0.25, -0.2) is 0 Å². The average molecular weight is 187 g/mol. The van der Waals surface area contributed by atoms with Gasteiger partial charge in [0.2, 0.25) is 0 Å². The van der Waals surface area contributed by atoms with Crippen LogP contribution in [0.5, 0.6) is 0 Å². The van der Waals surface area contributed by atoms with Gasteiger partial charge in [0, 0.05) is 5.69 Å². The third-order valence-corrected chi connectivity index (χ3v) is 1.88. The summed E-state index contributed by atoms with van der Waals surface area (Å²) in [6, 6.07) is 7.84. The van der Waals surface area contributed by atoms with Crippen molar-refractivity contribution in [3.8, 4) is 0 Å². The first-order chi connectivity index (χ1) is 5.25. The predicted octanol–water partition coefficient (Wildman–Crippen LogP) is 1.75. The maximum Gasteiger partial charge on any atom is 0.0349 e. The van der Waals surface area contributed by atoms with Crippen LogP contribution in [-0.4, -0.2) is 6.54 Å². The van der Waals surface area contributed by atoms with E-state index in [1.807, 2.05) is 24.3 Å². The van der Waals surface area contributed by atoms with E-state index < -0.39 is 0 Å². The largest absolute Gasteiger partial charge is 0.398 e. The van der Waals surface area contributed by atoms with Crippen LogP contribution in [0.4, 0.5) is 5.69 Å². The molecule has 0 aliphatic rings. The highest BCUT2D eigenvalue weighted by Crippen LogP contribution is 2.19. The number of nitrogens with two attached hydrogens (primary N) is 2. The van der Waals surface area contributed by atoms with Crippen LogP contribution in [0.25, 0.3) is 0 Å². The Hall–Kier alpha value is -0.730. The number of benzene rings is 1. The first-order valence-electron chi connectivity index (χ1n) is 3.80. The molecule has 1 unspecified atom stereocenters. The number of rotatable bonds is 2. The number of halogens is 1. The lowest BCUT2D eigenvalue weighted by molar-refractivity contribution is 0.776. The fourth-order valence-electron chi connectivity index (χ4n) is 1.09. The van der Waals surface area contributed by atoms with Gasteiger partial charge in [0.15, 0.2) is 0 Å². The predicted molar refractivity (Wildman–Crippen MR) is 55.6 cm³/mol. The van der Waals surface area contributed by atoms with Crippen molar-refractivity contribution in [3.05, 3.63) is 29.8 Å². The van der Waals surface area contributed by atoms with E-state index in [1.165, 1.54) is 0 Å². The Morgan fingerprint density at radius 1 is 1.33 bits per heavy atom. The second-order valence-electron chi connectivity index (χ2n) is 2.77. The van der Waals surface area contributed by atoms with Crippen molar-refractivity contribution in [2.45, 2.75) is 12.8 Å².